The van der Waals surface area contributed by atoms with E-state index in [4.69, 9.17) is 5.11 Å². The lowest BCUT2D eigenvalue weighted by atomic mass is 9.99. The number of hydrogen-bond acceptors (Lipinski definition) is 4. The van der Waals surface area contributed by atoms with Gasteiger partial charge in [0.15, 0.2) is 0 Å². The van der Waals surface area contributed by atoms with Gasteiger partial charge in [0.05, 0.1) is 22.1 Å². The molecule has 1 aromatic rings. The summed E-state index contributed by atoms with van der Waals surface area (Å²) in [5.74, 6) is -1.50. The number of carbonyl (C=O) groups excluding carboxylic acids is 1. The normalized spacial score (nSPS) is 17.7. The highest BCUT2D eigenvalue weighted by Crippen LogP contribution is 2.30. The molecule has 2 N–H and O–H groups in total. The van der Waals surface area contributed by atoms with Gasteiger partial charge in [-0.3, -0.25) is 14.9 Å². The fourth-order valence-electron chi connectivity index (χ4n) is 2.54. The molecule has 9 heteroatoms. The molecular formula is C14H16BrN3O5. The van der Waals surface area contributed by atoms with E-state index in [1.54, 1.807) is 13.0 Å². The van der Waals surface area contributed by atoms with Crippen molar-refractivity contribution in [1.82, 2.24) is 4.90 Å². The Morgan fingerprint density at radius 2 is 2.17 bits per heavy atom. The van der Waals surface area contributed by atoms with Crippen LogP contribution in [0.2, 0.25) is 0 Å². The van der Waals surface area contributed by atoms with Gasteiger partial charge in [0, 0.05) is 23.6 Å². The predicted molar refractivity (Wildman–Crippen MR) is 86.5 cm³/mol. The number of hydrogen-bond donors (Lipinski definition) is 2. The van der Waals surface area contributed by atoms with Crippen molar-refractivity contribution in [3.05, 3.63) is 32.3 Å². The maximum Gasteiger partial charge on any atom is 0.321 e. The lowest BCUT2D eigenvalue weighted by molar-refractivity contribution is -0.385. The molecule has 1 aromatic carbocycles. The first kappa shape index (κ1) is 17.2. The third kappa shape index (κ3) is 3.98. The molecule has 0 aliphatic carbocycles. The van der Waals surface area contributed by atoms with E-state index in [-0.39, 0.29) is 12.2 Å². The van der Waals surface area contributed by atoms with Crippen molar-refractivity contribution in [2.45, 2.75) is 19.8 Å². The van der Waals surface area contributed by atoms with E-state index in [0.717, 1.165) is 0 Å². The van der Waals surface area contributed by atoms with E-state index >= 15 is 0 Å². The fraction of sp³-hybridized carbons (Fsp3) is 0.429. The number of nitro groups is 1. The van der Waals surface area contributed by atoms with E-state index in [9.17, 15) is 19.7 Å². The molecule has 0 radical (unpaired) electrons. The fourth-order valence-corrected chi connectivity index (χ4v) is 2.99. The zero-order valence-electron chi connectivity index (χ0n) is 12.4. The minimum atomic E-state index is -0.920. The van der Waals surface area contributed by atoms with Crippen LogP contribution >= 0.6 is 15.9 Å². The summed E-state index contributed by atoms with van der Waals surface area (Å²) in [7, 11) is 0. The van der Waals surface area contributed by atoms with E-state index < -0.39 is 22.8 Å². The van der Waals surface area contributed by atoms with E-state index in [1.807, 2.05) is 0 Å². The van der Waals surface area contributed by atoms with Crippen LogP contribution in [0, 0.1) is 23.0 Å². The lowest BCUT2D eigenvalue weighted by Gasteiger charge is -2.30. The summed E-state index contributed by atoms with van der Waals surface area (Å²) in [5, 5.41) is 22.7. The zero-order chi connectivity index (χ0) is 17.1. The number of halogens is 1. The van der Waals surface area contributed by atoms with Crippen molar-refractivity contribution in [2.75, 3.05) is 18.4 Å². The number of carbonyl (C=O) groups is 2. The number of nitrogens with one attached hydrogen (secondary N) is 1. The molecule has 1 aliphatic rings. The van der Waals surface area contributed by atoms with Crippen LogP contribution in [0.5, 0.6) is 0 Å². The first-order valence-corrected chi connectivity index (χ1v) is 7.82. The summed E-state index contributed by atoms with van der Waals surface area (Å²) < 4.78 is 0.479. The second-order valence-corrected chi connectivity index (χ2v) is 6.32. The summed E-state index contributed by atoms with van der Waals surface area (Å²) >= 11 is 3.18. The lowest BCUT2D eigenvalue weighted by Crippen LogP contribution is -2.44. The van der Waals surface area contributed by atoms with Gasteiger partial charge in [-0.05, 0) is 25.8 Å². The second-order valence-electron chi connectivity index (χ2n) is 5.41. The van der Waals surface area contributed by atoms with Gasteiger partial charge >= 0.3 is 12.0 Å². The molecule has 1 heterocycles. The van der Waals surface area contributed by atoms with Gasteiger partial charge in [-0.15, -0.1) is 0 Å². The van der Waals surface area contributed by atoms with Crippen LogP contribution in [0.1, 0.15) is 18.4 Å². The molecule has 23 heavy (non-hydrogen) atoms. The highest BCUT2D eigenvalue weighted by atomic mass is 79.9. The van der Waals surface area contributed by atoms with Gasteiger partial charge in [0.25, 0.3) is 5.69 Å². The maximum absolute atomic E-state index is 12.3. The molecule has 2 amide bonds. The van der Waals surface area contributed by atoms with Crippen molar-refractivity contribution >= 4 is 39.3 Å². The third-order valence-electron chi connectivity index (χ3n) is 3.84. The van der Waals surface area contributed by atoms with Gasteiger partial charge in [-0.2, -0.15) is 0 Å². The number of amides is 2. The van der Waals surface area contributed by atoms with E-state index in [0.29, 0.717) is 35.1 Å². The molecule has 1 aliphatic heterocycles. The number of nitrogens with zero attached hydrogens (tertiary/aromatic N) is 2. The number of aliphatic carboxylic acids is 1. The summed E-state index contributed by atoms with van der Waals surface area (Å²) in [6.07, 6.45) is 1.16. The van der Waals surface area contributed by atoms with Crippen LogP contribution in [-0.4, -0.2) is 40.0 Å². The average molecular weight is 386 g/mol. The molecule has 0 saturated carbocycles. The highest BCUT2D eigenvalue weighted by molar-refractivity contribution is 9.10. The standard InChI is InChI=1S/C14H16BrN3O5/c1-8-11(5-10(15)6-12(8)18(22)23)16-14(21)17-4-2-3-9(7-17)13(19)20/h5-6,9H,2-4,7H2,1H3,(H,16,21)(H,19,20). The van der Waals surface area contributed by atoms with Crippen molar-refractivity contribution < 1.29 is 19.6 Å². The average Bonchev–Trinajstić information content (AvgIpc) is 2.50. The Kier molecular flexibility index (Phi) is 5.19. The first-order valence-electron chi connectivity index (χ1n) is 7.03. The zero-order valence-corrected chi connectivity index (χ0v) is 14.0. The van der Waals surface area contributed by atoms with Crippen LogP contribution in [-0.2, 0) is 4.79 Å². The van der Waals surface area contributed by atoms with Crippen molar-refractivity contribution in [3.8, 4) is 0 Å². The van der Waals surface area contributed by atoms with Crippen LogP contribution in [0.4, 0.5) is 16.2 Å². The number of urea groups is 1. The molecule has 1 unspecified atom stereocenters. The number of carboxylic acids is 1. The smallest absolute Gasteiger partial charge is 0.321 e. The molecule has 1 fully saturated rings. The number of piperidine rings is 1. The monoisotopic (exact) mass is 385 g/mol. The molecule has 0 bridgehead atoms. The SMILES string of the molecule is Cc1c(NC(=O)N2CCCC(C(=O)O)C2)cc(Br)cc1[N+](=O)[O-]. The quantitative estimate of drug-likeness (QED) is 0.613. The Balaban J connectivity index is 2.17. The maximum atomic E-state index is 12.3. The van der Waals surface area contributed by atoms with Gasteiger partial charge in [-0.25, -0.2) is 4.79 Å². The Hall–Kier alpha value is -2.16. The number of anilines is 1. The van der Waals surface area contributed by atoms with Crippen molar-refractivity contribution in [3.63, 3.8) is 0 Å². The predicted octanol–water partition coefficient (Wildman–Crippen LogP) is 2.99. The third-order valence-corrected chi connectivity index (χ3v) is 4.30. The van der Waals surface area contributed by atoms with Crippen molar-refractivity contribution in [2.24, 2.45) is 5.92 Å². The Labute approximate surface area is 140 Å². The van der Waals surface area contributed by atoms with Gasteiger partial charge in [0.2, 0.25) is 0 Å². The molecular weight excluding hydrogens is 370 g/mol. The molecule has 0 aromatic heterocycles. The summed E-state index contributed by atoms with van der Waals surface area (Å²) in [6.45, 7) is 2.15. The number of carboxylic acid groups (broad SMARTS) is 1. The van der Waals surface area contributed by atoms with Crippen molar-refractivity contribution in [1.29, 1.82) is 0 Å². The minimum absolute atomic E-state index is 0.100. The largest absolute Gasteiger partial charge is 0.481 e. The van der Waals surface area contributed by atoms with Crippen LogP contribution in [0.15, 0.2) is 16.6 Å². The Morgan fingerprint density at radius 3 is 2.78 bits per heavy atom. The first-order chi connectivity index (χ1) is 10.8. The van der Waals surface area contributed by atoms with Crippen LogP contribution in [0.25, 0.3) is 0 Å². The summed E-state index contributed by atoms with van der Waals surface area (Å²) in [4.78, 5) is 35.3. The number of nitro benzene ring substituents is 1. The molecule has 0 spiro atoms. The summed E-state index contributed by atoms with van der Waals surface area (Å²) in [6, 6.07) is 2.50. The molecule has 1 saturated heterocycles. The van der Waals surface area contributed by atoms with E-state index in [1.165, 1.54) is 11.0 Å². The minimum Gasteiger partial charge on any atom is -0.481 e. The van der Waals surface area contributed by atoms with Crippen LogP contribution in [0.3, 0.4) is 0 Å². The topological polar surface area (TPSA) is 113 Å². The summed E-state index contributed by atoms with van der Waals surface area (Å²) in [5.41, 5.74) is 0.573. The molecule has 1 atom stereocenters. The Bertz CT molecular complexity index is 664. The molecule has 124 valence electrons. The Morgan fingerprint density at radius 1 is 1.48 bits per heavy atom. The van der Waals surface area contributed by atoms with Crippen LogP contribution < -0.4 is 5.32 Å². The van der Waals surface area contributed by atoms with Gasteiger partial charge < -0.3 is 15.3 Å². The highest BCUT2D eigenvalue weighted by Gasteiger charge is 2.28. The second kappa shape index (κ2) is 6.95. The van der Waals surface area contributed by atoms with Gasteiger partial charge in [0.1, 0.15) is 0 Å². The molecule has 8 nitrogen and oxygen atoms in total. The number of benzene rings is 1. The van der Waals surface area contributed by atoms with E-state index in [2.05, 4.69) is 21.2 Å². The number of likely N-dealkylation sites (tertiary alicyclic amines) is 1. The number of rotatable bonds is 3. The van der Waals surface area contributed by atoms with Gasteiger partial charge in [-0.1, -0.05) is 15.9 Å². The molecule has 2 rings (SSSR count).